The van der Waals surface area contributed by atoms with Crippen LogP contribution >= 0.6 is 0 Å². The van der Waals surface area contributed by atoms with Crippen molar-refractivity contribution in [3.8, 4) is 34.7 Å². The van der Waals surface area contributed by atoms with E-state index in [-0.39, 0.29) is 35.3 Å². The molecule has 0 saturated heterocycles. The van der Waals surface area contributed by atoms with E-state index in [1.807, 2.05) is 12.1 Å². The number of fused-ring (bicyclic) bond motifs is 3. The van der Waals surface area contributed by atoms with Crippen LogP contribution in [0, 0.1) is 11.3 Å². The minimum absolute atomic E-state index is 0.0529. The molecule has 35 heavy (non-hydrogen) atoms. The van der Waals surface area contributed by atoms with Crippen LogP contribution < -0.4 is 10.1 Å². The number of nitrogens with zero attached hydrogens (tertiary/aromatic N) is 3. The molecule has 2 aromatic heterocycles. The van der Waals surface area contributed by atoms with Gasteiger partial charge in [0.1, 0.15) is 5.75 Å². The van der Waals surface area contributed by atoms with Gasteiger partial charge in [-0.15, -0.1) is 13.2 Å². The van der Waals surface area contributed by atoms with E-state index in [4.69, 9.17) is 9.78 Å². The fraction of sp³-hybridized carbons (Fsp3) is 0.217. The number of hydrogen-bond acceptors (Lipinski definition) is 7. The van der Waals surface area contributed by atoms with Crippen LogP contribution in [-0.4, -0.2) is 39.1 Å². The van der Waals surface area contributed by atoms with E-state index in [0.717, 1.165) is 34.3 Å². The Hall–Kier alpha value is -4.37. The zero-order valence-corrected chi connectivity index (χ0v) is 17.8. The van der Waals surface area contributed by atoms with Crippen molar-refractivity contribution < 1.29 is 32.3 Å². The van der Waals surface area contributed by atoms with Crippen molar-refractivity contribution >= 4 is 16.9 Å². The highest BCUT2D eigenvalue weighted by Crippen LogP contribution is 2.35. The first-order valence-corrected chi connectivity index (χ1v) is 10.5. The number of carbonyl (C=O) groups is 1. The van der Waals surface area contributed by atoms with Gasteiger partial charge in [0.25, 0.3) is 5.89 Å². The Labute approximate surface area is 195 Å². The van der Waals surface area contributed by atoms with Crippen molar-refractivity contribution in [3.63, 3.8) is 0 Å². The largest absolute Gasteiger partial charge is 0.573 e. The highest BCUT2D eigenvalue weighted by Gasteiger charge is 2.32. The lowest BCUT2D eigenvalue weighted by Crippen LogP contribution is -2.31. The Balaban J connectivity index is 1.50. The summed E-state index contributed by atoms with van der Waals surface area (Å²) in [5, 5.41) is 26.4. The summed E-state index contributed by atoms with van der Waals surface area (Å²) < 4.78 is 47.2. The molecule has 3 N–H and O–H groups in total. The number of hydrogen-bond donors (Lipinski definition) is 3. The molecule has 1 unspecified atom stereocenters. The fourth-order valence-corrected chi connectivity index (χ4v) is 4.23. The second-order valence-corrected chi connectivity index (χ2v) is 7.96. The van der Waals surface area contributed by atoms with Crippen LogP contribution in [0.5, 0.6) is 5.75 Å². The number of halogens is 3. The summed E-state index contributed by atoms with van der Waals surface area (Å²) >= 11 is 0. The Bertz CT molecular complexity index is 1480. The molecular weight excluding hydrogens is 467 g/mol. The van der Waals surface area contributed by atoms with E-state index < -0.39 is 18.1 Å². The zero-order valence-electron chi connectivity index (χ0n) is 17.8. The molecule has 9 nitrogen and oxygen atoms in total. The van der Waals surface area contributed by atoms with Gasteiger partial charge in [-0.1, -0.05) is 5.16 Å². The highest BCUT2D eigenvalue weighted by molar-refractivity contribution is 5.89. The molecule has 0 bridgehead atoms. The molecule has 3 heterocycles. The first kappa shape index (κ1) is 22.4. The molecule has 4 aromatic rings. The van der Waals surface area contributed by atoms with Gasteiger partial charge in [0.2, 0.25) is 5.82 Å². The normalized spacial score (nSPS) is 15.5. The first-order chi connectivity index (χ1) is 16.7. The van der Waals surface area contributed by atoms with Gasteiger partial charge in [-0.05, 0) is 54.9 Å². The number of rotatable bonds is 5. The Morgan fingerprint density at radius 3 is 2.83 bits per heavy atom. The molecule has 0 saturated carbocycles. The zero-order chi connectivity index (χ0) is 24.7. The summed E-state index contributed by atoms with van der Waals surface area (Å²) in [6.07, 6.45) is -4.27. The Kier molecular flexibility index (Phi) is 5.41. The number of H-pyrrole nitrogens is 1. The lowest BCUT2D eigenvalue weighted by Gasteiger charge is -2.22. The lowest BCUT2D eigenvalue weighted by molar-refractivity contribution is -0.274. The number of benzene rings is 2. The topological polar surface area (TPSA) is 137 Å². The third kappa shape index (κ3) is 4.53. The third-order valence-electron chi connectivity index (χ3n) is 5.63. The van der Waals surface area contributed by atoms with Crippen LogP contribution in [0.25, 0.3) is 33.7 Å². The molecule has 0 amide bonds. The summed E-state index contributed by atoms with van der Waals surface area (Å²) in [5.41, 5.74) is 3.30. The lowest BCUT2D eigenvalue weighted by atomic mass is 9.97. The molecule has 5 rings (SSSR count). The van der Waals surface area contributed by atoms with Crippen LogP contribution in [0.15, 0.2) is 40.9 Å². The van der Waals surface area contributed by atoms with Gasteiger partial charge in [0.15, 0.2) is 0 Å². The van der Waals surface area contributed by atoms with E-state index in [1.54, 1.807) is 12.1 Å². The number of nitrogens with one attached hydrogen (secondary N) is 2. The van der Waals surface area contributed by atoms with Crippen LogP contribution in [0.2, 0.25) is 0 Å². The van der Waals surface area contributed by atoms with Crippen LogP contribution in [0.4, 0.5) is 13.2 Å². The van der Waals surface area contributed by atoms with E-state index in [9.17, 15) is 23.1 Å². The smallest absolute Gasteiger partial charge is 0.481 e. The molecule has 0 spiro atoms. The van der Waals surface area contributed by atoms with Gasteiger partial charge in [-0.3, -0.25) is 4.79 Å². The predicted molar refractivity (Wildman–Crippen MR) is 115 cm³/mol. The number of nitriles is 1. The van der Waals surface area contributed by atoms with Gasteiger partial charge < -0.3 is 24.7 Å². The second kappa shape index (κ2) is 8.44. The number of ether oxygens (including phenoxy) is 1. The number of carboxylic acid groups (broad SMARTS) is 1. The maximum atomic E-state index is 12.7. The summed E-state index contributed by atoms with van der Waals surface area (Å²) in [5.74, 6) is -1.35. The number of carboxylic acids is 1. The van der Waals surface area contributed by atoms with Gasteiger partial charge in [-0.2, -0.15) is 10.2 Å². The Morgan fingerprint density at radius 2 is 2.09 bits per heavy atom. The average molecular weight is 483 g/mol. The molecule has 0 fully saturated rings. The van der Waals surface area contributed by atoms with Gasteiger partial charge >= 0.3 is 12.3 Å². The van der Waals surface area contributed by atoms with Crippen LogP contribution in [0.1, 0.15) is 29.3 Å². The molecule has 1 aliphatic rings. The van der Waals surface area contributed by atoms with E-state index >= 15 is 0 Å². The van der Waals surface area contributed by atoms with Crippen molar-refractivity contribution in [2.24, 2.45) is 0 Å². The molecular formula is C23H16F3N5O4. The molecule has 0 radical (unpaired) electrons. The third-order valence-corrected chi connectivity index (χ3v) is 5.63. The minimum atomic E-state index is -4.92. The Morgan fingerprint density at radius 1 is 1.26 bits per heavy atom. The highest BCUT2D eigenvalue weighted by atomic mass is 19.4. The SMILES string of the molecule is N#Cc1cc(OC(F)(F)F)cc(-c2nc(-c3ccc4[nH]c5c(c4c3)CCNC5CC(=O)O)no2)c1. The van der Waals surface area contributed by atoms with Crippen molar-refractivity contribution in [1.82, 2.24) is 20.4 Å². The summed E-state index contributed by atoms with van der Waals surface area (Å²) in [6.45, 7) is 0.631. The minimum Gasteiger partial charge on any atom is -0.481 e. The predicted octanol–water partition coefficient (Wildman–Crippen LogP) is 4.32. The van der Waals surface area contributed by atoms with Gasteiger partial charge in [-0.25, -0.2) is 0 Å². The van der Waals surface area contributed by atoms with Crippen molar-refractivity contribution in [2.45, 2.75) is 25.2 Å². The van der Waals surface area contributed by atoms with Crippen LogP contribution in [-0.2, 0) is 11.2 Å². The fourth-order valence-electron chi connectivity index (χ4n) is 4.23. The van der Waals surface area contributed by atoms with E-state index in [0.29, 0.717) is 18.5 Å². The molecule has 1 atom stereocenters. The maximum Gasteiger partial charge on any atom is 0.573 e. The van der Waals surface area contributed by atoms with Crippen molar-refractivity contribution in [3.05, 3.63) is 53.2 Å². The quantitative estimate of drug-likeness (QED) is 0.382. The van der Waals surface area contributed by atoms with Crippen molar-refractivity contribution in [1.29, 1.82) is 5.26 Å². The summed E-state index contributed by atoms with van der Waals surface area (Å²) in [4.78, 5) is 18.8. The standard InChI is InChI=1S/C23H16F3N5O4/c24-23(25,26)34-14-6-11(10-27)5-13(7-14)22-30-21(31-35-22)12-1-2-17-16(8-12)15-3-4-28-18(9-19(32)33)20(15)29-17/h1-2,5-8,18,28-29H,3-4,9H2,(H,32,33). The van der Waals surface area contributed by atoms with E-state index in [1.165, 1.54) is 6.07 Å². The average Bonchev–Trinajstić information content (AvgIpc) is 3.43. The van der Waals surface area contributed by atoms with E-state index in [2.05, 4.69) is 25.2 Å². The molecule has 178 valence electrons. The number of aromatic nitrogens is 3. The number of aliphatic carboxylic acids is 1. The summed E-state index contributed by atoms with van der Waals surface area (Å²) in [6, 6.07) is 10.2. The van der Waals surface area contributed by atoms with Crippen molar-refractivity contribution in [2.75, 3.05) is 6.54 Å². The van der Waals surface area contributed by atoms with Gasteiger partial charge in [0.05, 0.1) is 24.1 Å². The number of alkyl halides is 3. The molecule has 1 aliphatic heterocycles. The summed E-state index contributed by atoms with van der Waals surface area (Å²) in [7, 11) is 0. The first-order valence-electron chi connectivity index (χ1n) is 10.5. The second-order valence-electron chi connectivity index (χ2n) is 7.96. The number of aromatic amines is 1. The van der Waals surface area contributed by atoms with Crippen LogP contribution in [0.3, 0.4) is 0 Å². The monoisotopic (exact) mass is 483 g/mol. The molecule has 2 aromatic carbocycles. The van der Waals surface area contributed by atoms with Gasteiger partial charge in [0, 0.05) is 27.7 Å². The maximum absolute atomic E-state index is 12.7. The molecule has 12 heteroatoms. The molecule has 0 aliphatic carbocycles.